The van der Waals surface area contributed by atoms with Crippen LogP contribution in [0.25, 0.3) is 0 Å². The first-order chi connectivity index (χ1) is 6.89. The standard InChI is InChI=1S/C13H28N2/c1-7-9-15(8-2)11-12(3)10-14-13(4,5)6/h7,12,14H,1,8-11H2,2-6H3. The highest BCUT2D eigenvalue weighted by Gasteiger charge is 2.12. The Bertz CT molecular complexity index is 170. The topological polar surface area (TPSA) is 15.3 Å². The molecule has 0 rings (SSSR count). The van der Waals surface area contributed by atoms with E-state index >= 15 is 0 Å². The summed E-state index contributed by atoms with van der Waals surface area (Å²) >= 11 is 0. The average molecular weight is 212 g/mol. The van der Waals surface area contributed by atoms with E-state index in [1.807, 2.05) is 6.08 Å². The minimum absolute atomic E-state index is 0.226. The summed E-state index contributed by atoms with van der Waals surface area (Å²) in [6.45, 7) is 19.2. The molecule has 90 valence electrons. The van der Waals surface area contributed by atoms with Crippen molar-refractivity contribution in [1.29, 1.82) is 0 Å². The van der Waals surface area contributed by atoms with Crippen LogP contribution in [0.15, 0.2) is 12.7 Å². The first kappa shape index (κ1) is 14.7. The van der Waals surface area contributed by atoms with Crippen molar-refractivity contribution >= 4 is 0 Å². The Morgan fingerprint density at radius 3 is 2.40 bits per heavy atom. The fraction of sp³-hybridized carbons (Fsp3) is 0.846. The van der Waals surface area contributed by atoms with E-state index in [1.54, 1.807) is 0 Å². The molecule has 0 aromatic heterocycles. The zero-order valence-corrected chi connectivity index (χ0v) is 11.1. The normalized spacial score (nSPS) is 14.3. The summed E-state index contributed by atoms with van der Waals surface area (Å²) in [5.74, 6) is 0.684. The molecule has 1 unspecified atom stereocenters. The summed E-state index contributed by atoms with van der Waals surface area (Å²) in [5.41, 5.74) is 0.226. The Morgan fingerprint density at radius 1 is 1.40 bits per heavy atom. The number of nitrogens with one attached hydrogen (secondary N) is 1. The fourth-order valence-corrected chi connectivity index (χ4v) is 1.50. The van der Waals surface area contributed by atoms with Crippen LogP contribution in [-0.2, 0) is 0 Å². The highest BCUT2D eigenvalue weighted by molar-refractivity contribution is 4.76. The number of likely N-dealkylation sites (N-methyl/N-ethyl adjacent to an activating group) is 1. The monoisotopic (exact) mass is 212 g/mol. The summed E-state index contributed by atoms with van der Waals surface area (Å²) < 4.78 is 0. The molecule has 0 bridgehead atoms. The highest BCUT2D eigenvalue weighted by Crippen LogP contribution is 2.03. The summed E-state index contributed by atoms with van der Waals surface area (Å²) in [6.07, 6.45) is 1.98. The Balaban J connectivity index is 3.80. The van der Waals surface area contributed by atoms with E-state index in [4.69, 9.17) is 0 Å². The second-order valence-corrected chi connectivity index (χ2v) is 5.38. The van der Waals surface area contributed by atoms with Gasteiger partial charge in [0.1, 0.15) is 0 Å². The first-order valence-corrected chi connectivity index (χ1v) is 5.97. The van der Waals surface area contributed by atoms with Gasteiger partial charge in [0.25, 0.3) is 0 Å². The van der Waals surface area contributed by atoms with Crippen molar-refractivity contribution in [2.45, 2.75) is 40.2 Å². The van der Waals surface area contributed by atoms with E-state index in [0.29, 0.717) is 5.92 Å². The van der Waals surface area contributed by atoms with Crippen LogP contribution in [0.5, 0.6) is 0 Å². The van der Waals surface area contributed by atoms with Crippen LogP contribution in [0.1, 0.15) is 34.6 Å². The van der Waals surface area contributed by atoms with Gasteiger partial charge in [-0.25, -0.2) is 0 Å². The van der Waals surface area contributed by atoms with Gasteiger partial charge in [-0.05, 0) is 39.8 Å². The van der Waals surface area contributed by atoms with Gasteiger partial charge < -0.3 is 5.32 Å². The lowest BCUT2D eigenvalue weighted by atomic mass is 10.1. The zero-order valence-electron chi connectivity index (χ0n) is 11.1. The number of hydrogen-bond donors (Lipinski definition) is 1. The fourth-order valence-electron chi connectivity index (χ4n) is 1.50. The molecule has 0 spiro atoms. The number of rotatable bonds is 7. The van der Waals surface area contributed by atoms with E-state index in [9.17, 15) is 0 Å². The van der Waals surface area contributed by atoms with Gasteiger partial charge >= 0.3 is 0 Å². The van der Waals surface area contributed by atoms with Crippen molar-refractivity contribution in [3.63, 3.8) is 0 Å². The maximum Gasteiger partial charge on any atom is 0.0160 e. The highest BCUT2D eigenvalue weighted by atomic mass is 15.1. The minimum atomic E-state index is 0.226. The average Bonchev–Trinajstić information content (AvgIpc) is 2.13. The molecule has 0 saturated carbocycles. The zero-order chi connectivity index (χ0) is 11.9. The minimum Gasteiger partial charge on any atom is -0.312 e. The molecule has 0 aliphatic heterocycles. The quantitative estimate of drug-likeness (QED) is 0.652. The number of hydrogen-bond acceptors (Lipinski definition) is 2. The summed E-state index contributed by atoms with van der Waals surface area (Å²) in [4.78, 5) is 2.42. The second kappa shape index (κ2) is 7.02. The molecule has 0 aliphatic carbocycles. The van der Waals surface area contributed by atoms with Crippen molar-refractivity contribution in [1.82, 2.24) is 10.2 Å². The van der Waals surface area contributed by atoms with E-state index in [-0.39, 0.29) is 5.54 Å². The van der Waals surface area contributed by atoms with Gasteiger partial charge in [-0.2, -0.15) is 0 Å². The van der Waals surface area contributed by atoms with Gasteiger partial charge in [0, 0.05) is 18.6 Å². The molecule has 0 fully saturated rings. The van der Waals surface area contributed by atoms with Crippen LogP contribution in [-0.4, -0.2) is 36.6 Å². The third kappa shape index (κ3) is 8.64. The molecular formula is C13H28N2. The van der Waals surface area contributed by atoms with Gasteiger partial charge in [-0.3, -0.25) is 4.90 Å². The van der Waals surface area contributed by atoms with Crippen molar-refractivity contribution in [3.05, 3.63) is 12.7 Å². The van der Waals surface area contributed by atoms with Crippen LogP contribution < -0.4 is 5.32 Å². The maximum atomic E-state index is 3.78. The SMILES string of the molecule is C=CCN(CC)CC(C)CNC(C)(C)C. The molecule has 1 atom stereocenters. The number of nitrogens with zero attached hydrogens (tertiary/aromatic N) is 1. The third-order valence-corrected chi connectivity index (χ3v) is 2.39. The van der Waals surface area contributed by atoms with E-state index in [2.05, 4.69) is 51.4 Å². The molecule has 15 heavy (non-hydrogen) atoms. The molecular weight excluding hydrogens is 184 g/mol. The molecule has 1 N–H and O–H groups in total. The summed E-state index contributed by atoms with van der Waals surface area (Å²) in [5, 5.41) is 3.54. The molecule has 2 heteroatoms. The maximum absolute atomic E-state index is 3.78. The van der Waals surface area contributed by atoms with Gasteiger partial charge in [0.15, 0.2) is 0 Å². The molecule has 0 heterocycles. The molecule has 0 saturated heterocycles. The van der Waals surface area contributed by atoms with Crippen LogP contribution in [0.4, 0.5) is 0 Å². The Hall–Kier alpha value is -0.340. The van der Waals surface area contributed by atoms with E-state index in [0.717, 1.165) is 26.2 Å². The van der Waals surface area contributed by atoms with Crippen molar-refractivity contribution in [3.8, 4) is 0 Å². The molecule has 0 amide bonds. The van der Waals surface area contributed by atoms with Gasteiger partial charge in [-0.15, -0.1) is 6.58 Å². The van der Waals surface area contributed by atoms with Crippen LogP contribution in [0.3, 0.4) is 0 Å². The Kier molecular flexibility index (Phi) is 6.86. The van der Waals surface area contributed by atoms with Gasteiger partial charge in [-0.1, -0.05) is 19.9 Å². The van der Waals surface area contributed by atoms with Crippen molar-refractivity contribution in [2.75, 3.05) is 26.2 Å². The van der Waals surface area contributed by atoms with E-state index < -0.39 is 0 Å². The summed E-state index contributed by atoms with van der Waals surface area (Å²) in [6, 6.07) is 0. The lowest BCUT2D eigenvalue weighted by Gasteiger charge is -2.27. The molecule has 2 nitrogen and oxygen atoms in total. The molecule has 0 aliphatic rings. The smallest absolute Gasteiger partial charge is 0.0160 e. The molecule has 0 radical (unpaired) electrons. The Morgan fingerprint density at radius 2 is 2.00 bits per heavy atom. The third-order valence-electron chi connectivity index (χ3n) is 2.39. The Labute approximate surface area is 95.7 Å². The van der Waals surface area contributed by atoms with Crippen molar-refractivity contribution in [2.24, 2.45) is 5.92 Å². The largest absolute Gasteiger partial charge is 0.312 e. The predicted octanol–water partition coefficient (Wildman–Crippen LogP) is 2.52. The van der Waals surface area contributed by atoms with Crippen LogP contribution >= 0.6 is 0 Å². The van der Waals surface area contributed by atoms with Crippen LogP contribution in [0.2, 0.25) is 0 Å². The summed E-state index contributed by atoms with van der Waals surface area (Å²) in [7, 11) is 0. The first-order valence-electron chi connectivity index (χ1n) is 5.97. The lowest BCUT2D eigenvalue weighted by molar-refractivity contribution is 0.257. The van der Waals surface area contributed by atoms with Gasteiger partial charge in [0.2, 0.25) is 0 Å². The van der Waals surface area contributed by atoms with Gasteiger partial charge in [0.05, 0.1) is 0 Å². The second-order valence-electron chi connectivity index (χ2n) is 5.38. The van der Waals surface area contributed by atoms with E-state index in [1.165, 1.54) is 0 Å². The molecule has 0 aromatic rings. The predicted molar refractivity (Wildman–Crippen MR) is 69.2 cm³/mol. The van der Waals surface area contributed by atoms with Crippen molar-refractivity contribution < 1.29 is 0 Å². The molecule has 0 aromatic carbocycles. The lowest BCUT2D eigenvalue weighted by Crippen LogP contribution is -2.41. The van der Waals surface area contributed by atoms with Crippen LogP contribution in [0, 0.1) is 5.92 Å².